The second kappa shape index (κ2) is 6.24. The second-order valence-corrected chi connectivity index (χ2v) is 5.26. The van der Waals surface area contributed by atoms with Gasteiger partial charge in [-0.3, -0.25) is 4.79 Å². The van der Waals surface area contributed by atoms with Crippen LogP contribution in [-0.4, -0.2) is 22.3 Å². The summed E-state index contributed by atoms with van der Waals surface area (Å²) in [7, 11) is 0. The largest absolute Gasteiger partial charge is 0.481 e. The summed E-state index contributed by atoms with van der Waals surface area (Å²) in [6.07, 6.45) is 5.06. The van der Waals surface area contributed by atoms with Gasteiger partial charge in [-0.2, -0.15) is 0 Å². The molecular formula is C13H24O3. The van der Waals surface area contributed by atoms with E-state index in [2.05, 4.69) is 6.92 Å². The van der Waals surface area contributed by atoms with Crippen molar-refractivity contribution in [1.29, 1.82) is 0 Å². The van der Waals surface area contributed by atoms with E-state index in [9.17, 15) is 9.90 Å². The molecule has 0 radical (unpaired) electrons. The Hall–Kier alpha value is -0.570. The summed E-state index contributed by atoms with van der Waals surface area (Å²) in [5.74, 6) is -0.589. The fraction of sp³-hybridized carbons (Fsp3) is 0.923. The lowest BCUT2D eigenvalue weighted by Crippen LogP contribution is -2.36. The summed E-state index contributed by atoms with van der Waals surface area (Å²) in [6, 6.07) is 0. The molecule has 0 amide bonds. The highest BCUT2D eigenvalue weighted by atomic mass is 16.4. The maximum Gasteiger partial charge on any atom is 0.309 e. The lowest BCUT2D eigenvalue weighted by Gasteiger charge is -2.33. The van der Waals surface area contributed by atoms with Crippen LogP contribution in [0.15, 0.2) is 0 Å². The van der Waals surface area contributed by atoms with Crippen LogP contribution >= 0.6 is 0 Å². The van der Waals surface area contributed by atoms with Crippen molar-refractivity contribution in [2.45, 2.75) is 58.5 Å². The molecule has 94 valence electrons. The molecule has 1 aliphatic carbocycles. The average Bonchev–Trinajstić information content (AvgIpc) is 2.24. The Labute approximate surface area is 97.9 Å². The van der Waals surface area contributed by atoms with Gasteiger partial charge in [0, 0.05) is 0 Å². The van der Waals surface area contributed by atoms with Crippen molar-refractivity contribution >= 4 is 5.97 Å². The van der Waals surface area contributed by atoms with Gasteiger partial charge in [0.25, 0.3) is 0 Å². The molecule has 4 atom stereocenters. The first kappa shape index (κ1) is 13.5. The zero-order chi connectivity index (χ0) is 12.1. The first-order valence-electron chi connectivity index (χ1n) is 6.47. The monoisotopic (exact) mass is 228 g/mol. The van der Waals surface area contributed by atoms with E-state index in [1.165, 1.54) is 6.42 Å². The summed E-state index contributed by atoms with van der Waals surface area (Å²) in [5, 5.41) is 19.3. The molecular weight excluding hydrogens is 204 g/mol. The van der Waals surface area contributed by atoms with Crippen LogP contribution in [0, 0.1) is 17.8 Å². The molecule has 1 saturated carbocycles. The molecule has 1 aliphatic rings. The van der Waals surface area contributed by atoms with Crippen LogP contribution in [0.5, 0.6) is 0 Å². The van der Waals surface area contributed by atoms with Crippen molar-refractivity contribution in [2.24, 2.45) is 17.8 Å². The summed E-state index contributed by atoms with van der Waals surface area (Å²) >= 11 is 0. The lowest BCUT2D eigenvalue weighted by atomic mass is 9.75. The van der Waals surface area contributed by atoms with Gasteiger partial charge in [0.1, 0.15) is 0 Å². The molecule has 0 aliphatic heterocycles. The van der Waals surface area contributed by atoms with Crippen LogP contribution < -0.4 is 0 Å². The van der Waals surface area contributed by atoms with Gasteiger partial charge in [-0.1, -0.05) is 33.1 Å². The third-order valence-corrected chi connectivity index (χ3v) is 3.79. The highest BCUT2D eigenvalue weighted by Gasteiger charge is 2.34. The van der Waals surface area contributed by atoms with Gasteiger partial charge < -0.3 is 10.2 Å². The summed E-state index contributed by atoms with van der Waals surface area (Å²) in [5.41, 5.74) is 0. The topological polar surface area (TPSA) is 57.5 Å². The molecule has 3 nitrogen and oxygen atoms in total. The number of carboxylic acid groups (broad SMARTS) is 1. The minimum absolute atomic E-state index is 0.191. The molecule has 16 heavy (non-hydrogen) atoms. The third kappa shape index (κ3) is 3.48. The Morgan fingerprint density at radius 3 is 2.62 bits per heavy atom. The maximum atomic E-state index is 11.1. The van der Waals surface area contributed by atoms with Crippen LogP contribution in [0.3, 0.4) is 0 Å². The van der Waals surface area contributed by atoms with E-state index in [0.29, 0.717) is 12.3 Å². The molecule has 1 rings (SSSR count). The van der Waals surface area contributed by atoms with Crippen molar-refractivity contribution in [3.63, 3.8) is 0 Å². The number of aliphatic hydroxyl groups is 1. The minimum Gasteiger partial charge on any atom is -0.481 e. The van der Waals surface area contributed by atoms with Crippen molar-refractivity contribution in [3.05, 3.63) is 0 Å². The van der Waals surface area contributed by atoms with Crippen LogP contribution in [0.4, 0.5) is 0 Å². The second-order valence-electron chi connectivity index (χ2n) is 5.26. The Balaban J connectivity index is 2.58. The summed E-state index contributed by atoms with van der Waals surface area (Å²) < 4.78 is 0. The molecule has 0 aromatic heterocycles. The third-order valence-electron chi connectivity index (χ3n) is 3.79. The number of aliphatic carboxylic acids is 1. The first-order chi connectivity index (χ1) is 7.56. The Kier molecular flexibility index (Phi) is 5.26. The van der Waals surface area contributed by atoms with E-state index in [-0.39, 0.29) is 5.92 Å². The Morgan fingerprint density at radius 2 is 2.12 bits per heavy atom. The number of carboxylic acids is 1. The fourth-order valence-electron chi connectivity index (χ4n) is 2.87. The van der Waals surface area contributed by atoms with E-state index in [4.69, 9.17) is 5.11 Å². The van der Waals surface area contributed by atoms with Gasteiger partial charge in [-0.25, -0.2) is 0 Å². The summed E-state index contributed by atoms with van der Waals surface area (Å²) in [6.45, 7) is 4.15. The van der Waals surface area contributed by atoms with E-state index in [0.717, 1.165) is 25.7 Å². The average molecular weight is 228 g/mol. The maximum absolute atomic E-state index is 11.1. The Morgan fingerprint density at radius 1 is 1.44 bits per heavy atom. The normalized spacial score (nSPS) is 29.7. The zero-order valence-corrected chi connectivity index (χ0v) is 10.4. The molecule has 0 saturated heterocycles. The van der Waals surface area contributed by atoms with Crippen LogP contribution in [-0.2, 0) is 4.79 Å². The molecule has 4 unspecified atom stereocenters. The van der Waals surface area contributed by atoms with Gasteiger partial charge >= 0.3 is 5.97 Å². The smallest absolute Gasteiger partial charge is 0.309 e. The fourth-order valence-corrected chi connectivity index (χ4v) is 2.87. The number of rotatable bonds is 5. The molecule has 3 heteroatoms. The molecule has 0 heterocycles. The van der Waals surface area contributed by atoms with Crippen molar-refractivity contribution < 1.29 is 15.0 Å². The minimum atomic E-state index is -0.840. The molecule has 0 aromatic rings. The molecule has 0 bridgehead atoms. The predicted molar refractivity (Wildman–Crippen MR) is 63.2 cm³/mol. The Bertz CT molecular complexity index is 227. The molecule has 0 aromatic carbocycles. The predicted octanol–water partition coefficient (Wildman–Crippen LogP) is 2.67. The molecule has 1 fully saturated rings. The van der Waals surface area contributed by atoms with E-state index >= 15 is 0 Å². The standard InChI is InChI=1S/C13H24O3/c1-3-5-11(13(15)16)12(14)10-7-4-6-9(2)8-10/h9-12,14H,3-8H2,1-2H3,(H,15,16). The van der Waals surface area contributed by atoms with Gasteiger partial charge in [-0.05, 0) is 31.1 Å². The number of hydrogen-bond donors (Lipinski definition) is 2. The van der Waals surface area contributed by atoms with Crippen LogP contribution in [0.1, 0.15) is 52.4 Å². The van der Waals surface area contributed by atoms with Crippen molar-refractivity contribution in [1.82, 2.24) is 0 Å². The number of aliphatic hydroxyl groups excluding tert-OH is 1. The van der Waals surface area contributed by atoms with E-state index in [1.54, 1.807) is 0 Å². The van der Waals surface area contributed by atoms with Crippen molar-refractivity contribution in [3.8, 4) is 0 Å². The van der Waals surface area contributed by atoms with Gasteiger partial charge in [0.05, 0.1) is 12.0 Å². The van der Waals surface area contributed by atoms with Crippen molar-refractivity contribution in [2.75, 3.05) is 0 Å². The quantitative estimate of drug-likeness (QED) is 0.760. The summed E-state index contributed by atoms with van der Waals surface area (Å²) in [4.78, 5) is 11.1. The zero-order valence-electron chi connectivity index (χ0n) is 10.4. The van der Waals surface area contributed by atoms with Crippen LogP contribution in [0.25, 0.3) is 0 Å². The lowest BCUT2D eigenvalue weighted by molar-refractivity contribution is -0.148. The molecule has 2 N–H and O–H groups in total. The highest BCUT2D eigenvalue weighted by molar-refractivity contribution is 5.70. The van der Waals surface area contributed by atoms with E-state index < -0.39 is 18.0 Å². The number of carbonyl (C=O) groups is 1. The van der Waals surface area contributed by atoms with Gasteiger partial charge in [0.2, 0.25) is 0 Å². The molecule has 0 spiro atoms. The van der Waals surface area contributed by atoms with Crippen LogP contribution in [0.2, 0.25) is 0 Å². The number of hydrogen-bond acceptors (Lipinski definition) is 2. The van der Waals surface area contributed by atoms with Gasteiger partial charge in [0.15, 0.2) is 0 Å². The van der Waals surface area contributed by atoms with Gasteiger partial charge in [-0.15, -0.1) is 0 Å². The SMILES string of the molecule is CCCC(C(=O)O)C(O)C1CCCC(C)C1. The first-order valence-corrected chi connectivity index (χ1v) is 6.47. The highest BCUT2D eigenvalue weighted by Crippen LogP contribution is 2.34. The van der Waals surface area contributed by atoms with E-state index in [1.807, 2.05) is 6.92 Å².